The van der Waals surface area contributed by atoms with Crippen LogP contribution < -0.4 is 10.2 Å². The lowest BCUT2D eigenvalue weighted by Crippen LogP contribution is -2.19. The summed E-state index contributed by atoms with van der Waals surface area (Å²) in [6.07, 6.45) is 1.81. The van der Waals surface area contributed by atoms with Gasteiger partial charge in [-0.2, -0.15) is 5.10 Å². The van der Waals surface area contributed by atoms with Crippen molar-refractivity contribution in [2.75, 3.05) is 7.11 Å². The zero-order valence-corrected chi connectivity index (χ0v) is 12.1. The van der Waals surface area contributed by atoms with E-state index in [1.165, 1.54) is 11.3 Å². The van der Waals surface area contributed by atoms with Gasteiger partial charge in [0.15, 0.2) is 0 Å². The molecule has 0 aliphatic heterocycles. The van der Waals surface area contributed by atoms with Gasteiger partial charge in [0.2, 0.25) is 5.91 Å². The van der Waals surface area contributed by atoms with Gasteiger partial charge in [0.25, 0.3) is 0 Å². The molecule has 0 aliphatic carbocycles. The minimum atomic E-state index is -0.186. The number of thiazole rings is 1. The van der Waals surface area contributed by atoms with E-state index < -0.39 is 0 Å². The van der Waals surface area contributed by atoms with E-state index in [9.17, 15) is 4.79 Å². The van der Waals surface area contributed by atoms with E-state index in [0.29, 0.717) is 0 Å². The zero-order valence-electron chi connectivity index (χ0n) is 11.3. The van der Waals surface area contributed by atoms with Crippen LogP contribution in [0.1, 0.15) is 16.3 Å². The van der Waals surface area contributed by atoms with Crippen LogP contribution in [0.4, 0.5) is 0 Å². The molecule has 0 spiro atoms. The third-order valence-electron chi connectivity index (χ3n) is 2.50. The first-order chi connectivity index (χ1) is 9.67. The minimum Gasteiger partial charge on any atom is -0.497 e. The number of hydrogen-bond donors (Lipinski definition) is 1. The number of aryl methyl sites for hydroxylation is 1. The fourth-order valence-electron chi connectivity index (χ4n) is 1.59. The number of nitrogens with zero attached hydrogens (tertiary/aromatic N) is 2. The molecular weight excluding hydrogens is 274 g/mol. The van der Waals surface area contributed by atoms with Crippen LogP contribution in [0.3, 0.4) is 0 Å². The predicted octanol–water partition coefficient (Wildman–Crippen LogP) is 2.15. The second kappa shape index (κ2) is 6.81. The summed E-state index contributed by atoms with van der Waals surface area (Å²) in [5, 5.41) is 6.74. The standard InChI is InChI=1S/C14H15N3O2S/c1-10-16-12(9-20-10)7-14(18)17-15-8-11-4-3-5-13(6-11)19-2/h3-6,8-9H,7H2,1-2H3,(H,17,18)/b15-8-. The summed E-state index contributed by atoms with van der Waals surface area (Å²) in [6.45, 7) is 1.91. The molecule has 6 heteroatoms. The Hall–Kier alpha value is -2.21. The zero-order chi connectivity index (χ0) is 14.4. The lowest BCUT2D eigenvalue weighted by Gasteiger charge is -2.00. The van der Waals surface area contributed by atoms with Gasteiger partial charge in [0, 0.05) is 5.38 Å². The number of ether oxygens (including phenoxy) is 1. The molecule has 2 rings (SSSR count). The van der Waals surface area contributed by atoms with Gasteiger partial charge in [-0.15, -0.1) is 11.3 Å². The van der Waals surface area contributed by atoms with Gasteiger partial charge < -0.3 is 4.74 Å². The molecule has 0 atom stereocenters. The molecule has 1 N–H and O–H groups in total. The summed E-state index contributed by atoms with van der Waals surface area (Å²) in [6, 6.07) is 7.42. The van der Waals surface area contributed by atoms with Gasteiger partial charge in [0.1, 0.15) is 5.75 Å². The van der Waals surface area contributed by atoms with Crippen molar-refractivity contribution < 1.29 is 9.53 Å². The van der Waals surface area contributed by atoms with Gasteiger partial charge in [-0.1, -0.05) is 12.1 Å². The van der Waals surface area contributed by atoms with E-state index in [-0.39, 0.29) is 12.3 Å². The van der Waals surface area contributed by atoms with Crippen LogP contribution in [0, 0.1) is 6.92 Å². The first-order valence-electron chi connectivity index (χ1n) is 6.04. The summed E-state index contributed by atoms with van der Waals surface area (Å²) in [4.78, 5) is 15.9. The Labute approximate surface area is 121 Å². The number of carbonyl (C=O) groups is 1. The fourth-order valence-corrected chi connectivity index (χ4v) is 2.21. The summed E-state index contributed by atoms with van der Waals surface area (Å²) in [5.74, 6) is 0.563. The van der Waals surface area contributed by atoms with E-state index in [4.69, 9.17) is 4.74 Å². The van der Waals surface area contributed by atoms with Crippen LogP contribution in [-0.2, 0) is 11.2 Å². The molecule has 0 fully saturated rings. The smallest absolute Gasteiger partial charge is 0.246 e. The average molecular weight is 289 g/mol. The summed E-state index contributed by atoms with van der Waals surface area (Å²) >= 11 is 1.53. The highest BCUT2D eigenvalue weighted by Gasteiger charge is 2.04. The molecule has 1 aromatic heterocycles. The van der Waals surface area contributed by atoms with Crippen molar-refractivity contribution in [3.8, 4) is 5.75 Å². The third kappa shape index (κ3) is 4.17. The summed E-state index contributed by atoms with van der Waals surface area (Å²) in [7, 11) is 1.61. The minimum absolute atomic E-state index is 0.186. The van der Waals surface area contributed by atoms with Crippen molar-refractivity contribution in [2.24, 2.45) is 5.10 Å². The van der Waals surface area contributed by atoms with E-state index in [1.807, 2.05) is 36.6 Å². The maximum Gasteiger partial charge on any atom is 0.246 e. The van der Waals surface area contributed by atoms with Gasteiger partial charge in [0.05, 0.1) is 30.4 Å². The maximum absolute atomic E-state index is 11.7. The normalized spacial score (nSPS) is 10.7. The van der Waals surface area contributed by atoms with Crippen molar-refractivity contribution >= 4 is 23.5 Å². The van der Waals surface area contributed by atoms with Crippen molar-refractivity contribution in [2.45, 2.75) is 13.3 Å². The number of methoxy groups -OCH3 is 1. The Morgan fingerprint density at radius 3 is 3.10 bits per heavy atom. The van der Waals surface area contributed by atoms with Gasteiger partial charge >= 0.3 is 0 Å². The SMILES string of the molecule is COc1cccc(/C=N\NC(=O)Cc2csc(C)n2)c1. The molecule has 1 amide bonds. The van der Waals surface area contributed by atoms with Crippen molar-refractivity contribution in [3.05, 3.63) is 45.9 Å². The van der Waals surface area contributed by atoms with E-state index >= 15 is 0 Å². The van der Waals surface area contributed by atoms with Crippen LogP contribution >= 0.6 is 11.3 Å². The van der Waals surface area contributed by atoms with Crippen molar-refractivity contribution in [1.29, 1.82) is 0 Å². The average Bonchev–Trinajstić information content (AvgIpc) is 2.84. The molecule has 0 aliphatic rings. The van der Waals surface area contributed by atoms with E-state index in [1.54, 1.807) is 13.3 Å². The molecule has 5 nitrogen and oxygen atoms in total. The Morgan fingerprint density at radius 1 is 1.55 bits per heavy atom. The fraction of sp³-hybridized carbons (Fsp3) is 0.214. The second-order valence-electron chi connectivity index (χ2n) is 4.10. The Morgan fingerprint density at radius 2 is 2.40 bits per heavy atom. The highest BCUT2D eigenvalue weighted by atomic mass is 32.1. The monoisotopic (exact) mass is 289 g/mol. The van der Waals surface area contributed by atoms with Crippen LogP contribution in [0.25, 0.3) is 0 Å². The topological polar surface area (TPSA) is 63.6 Å². The number of hydrazone groups is 1. The molecule has 0 saturated heterocycles. The number of aromatic nitrogens is 1. The molecule has 20 heavy (non-hydrogen) atoms. The third-order valence-corrected chi connectivity index (χ3v) is 3.33. The number of carbonyl (C=O) groups excluding carboxylic acids is 1. The number of rotatable bonds is 5. The molecule has 0 saturated carbocycles. The highest BCUT2D eigenvalue weighted by Crippen LogP contribution is 2.10. The lowest BCUT2D eigenvalue weighted by atomic mass is 10.2. The molecular formula is C14H15N3O2S. The first kappa shape index (κ1) is 14.2. The van der Waals surface area contributed by atoms with Crippen LogP contribution in [0.2, 0.25) is 0 Å². The summed E-state index contributed by atoms with van der Waals surface area (Å²) in [5.41, 5.74) is 4.10. The Kier molecular flexibility index (Phi) is 4.84. The number of benzene rings is 1. The molecule has 2 aromatic rings. The number of nitrogens with one attached hydrogen (secondary N) is 1. The number of hydrogen-bond acceptors (Lipinski definition) is 5. The van der Waals surface area contributed by atoms with Crippen LogP contribution in [0.5, 0.6) is 5.75 Å². The second-order valence-corrected chi connectivity index (χ2v) is 5.17. The largest absolute Gasteiger partial charge is 0.497 e. The predicted molar refractivity (Wildman–Crippen MR) is 79.3 cm³/mol. The van der Waals surface area contributed by atoms with Gasteiger partial charge in [-0.3, -0.25) is 4.79 Å². The van der Waals surface area contributed by atoms with Crippen LogP contribution in [0.15, 0.2) is 34.7 Å². The van der Waals surface area contributed by atoms with E-state index in [0.717, 1.165) is 22.0 Å². The molecule has 1 aromatic carbocycles. The quantitative estimate of drug-likeness (QED) is 0.677. The molecule has 0 unspecified atom stereocenters. The number of amides is 1. The van der Waals surface area contributed by atoms with Crippen molar-refractivity contribution in [1.82, 2.24) is 10.4 Å². The first-order valence-corrected chi connectivity index (χ1v) is 6.92. The van der Waals surface area contributed by atoms with Gasteiger partial charge in [-0.25, -0.2) is 10.4 Å². The van der Waals surface area contributed by atoms with Gasteiger partial charge in [-0.05, 0) is 24.6 Å². The molecule has 0 bridgehead atoms. The summed E-state index contributed by atoms with van der Waals surface area (Å²) < 4.78 is 5.11. The molecule has 0 radical (unpaired) electrons. The Balaban J connectivity index is 1.87. The molecule has 1 heterocycles. The Bertz CT molecular complexity index is 622. The van der Waals surface area contributed by atoms with Crippen molar-refractivity contribution in [3.63, 3.8) is 0 Å². The van der Waals surface area contributed by atoms with Crippen LogP contribution in [-0.4, -0.2) is 24.2 Å². The highest BCUT2D eigenvalue weighted by molar-refractivity contribution is 7.09. The maximum atomic E-state index is 11.7. The molecule has 104 valence electrons. The van der Waals surface area contributed by atoms with E-state index in [2.05, 4.69) is 15.5 Å². The lowest BCUT2D eigenvalue weighted by molar-refractivity contribution is -0.120.